The Morgan fingerprint density at radius 3 is 2.79 bits per heavy atom. The van der Waals surface area contributed by atoms with Crippen LogP contribution in [0, 0.1) is 5.82 Å². The van der Waals surface area contributed by atoms with Crippen LogP contribution in [0.3, 0.4) is 0 Å². The molecule has 76 valence electrons. The lowest BCUT2D eigenvalue weighted by Gasteiger charge is -2.30. The van der Waals surface area contributed by atoms with Gasteiger partial charge in [0.05, 0.1) is 0 Å². The molecule has 0 spiro atoms. The maximum absolute atomic E-state index is 13.4. The van der Waals surface area contributed by atoms with Crippen LogP contribution in [0.25, 0.3) is 0 Å². The van der Waals surface area contributed by atoms with E-state index < -0.39 is 0 Å². The first-order valence-electron chi connectivity index (χ1n) is 4.77. The SMILES string of the molecule is Fc1cccnc1N1CCC(Br)CC1. The van der Waals surface area contributed by atoms with Gasteiger partial charge in [0, 0.05) is 24.1 Å². The molecule has 0 N–H and O–H groups in total. The Morgan fingerprint density at radius 2 is 2.14 bits per heavy atom. The first-order chi connectivity index (χ1) is 6.77. The number of alkyl halides is 1. The fourth-order valence-electron chi connectivity index (χ4n) is 1.67. The third-order valence-electron chi connectivity index (χ3n) is 2.46. The second-order valence-electron chi connectivity index (χ2n) is 3.47. The summed E-state index contributed by atoms with van der Waals surface area (Å²) in [7, 11) is 0. The molecule has 2 heterocycles. The number of hydrogen-bond donors (Lipinski definition) is 0. The minimum Gasteiger partial charge on any atom is -0.354 e. The molecule has 0 unspecified atom stereocenters. The molecule has 0 saturated carbocycles. The molecule has 4 heteroatoms. The quantitative estimate of drug-likeness (QED) is 0.720. The Morgan fingerprint density at radius 1 is 1.43 bits per heavy atom. The Balaban J connectivity index is 2.12. The van der Waals surface area contributed by atoms with Gasteiger partial charge in [-0.05, 0) is 25.0 Å². The van der Waals surface area contributed by atoms with Crippen molar-refractivity contribution in [3.8, 4) is 0 Å². The second kappa shape index (κ2) is 4.26. The molecule has 2 nitrogen and oxygen atoms in total. The van der Waals surface area contributed by atoms with Gasteiger partial charge in [-0.25, -0.2) is 9.37 Å². The standard InChI is InChI=1S/C10H12BrFN2/c11-8-3-6-14(7-4-8)10-9(12)2-1-5-13-10/h1-2,5,8H,3-4,6-7H2. The number of anilines is 1. The monoisotopic (exact) mass is 258 g/mol. The van der Waals surface area contributed by atoms with Gasteiger partial charge in [-0.3, -0.25) is 0 Å². The van der Waals surface area contributed by atoms with Crippen LogP contribution in [0.1, 0.15) is 12.8 Å². The summed E-state index contributed by atoms with van der Waals surface area (Å²) in [6, 6.07) is 3.08. The maximum Gasteiger partial charge on any atom is 0.165 e. The Labute approximate surface area is 91.3 Å². The highest BCUT2D eigenvalue weighted by molar-refractivity contribution is 9.09. The number of nitrogens with zero attached hydrogens (tertiary/aromatic N) is 2. The summed E-state index contributed by atoms with van der Waals surface area (Å²) >= 11 is 3.57. The molecule has 1 aromatic rings. The van der Waals surface area contributed by atoms with E-state index in [0.717, 1.165) is 25.9 Å². The maximum atomic E-state index is 13.4. The van der Waals surface area contributed by atoms with Crippen LogP contribution in [0.2, 0.25) is 0 Å². The van der Waals surface area contributed by atoms with Crippen molar-refractivity contribution in [3.63, 3.8) is 0 Å². The summed E-state index contributed by atoms with van der Waals surface area (Å²) in [5.41, 5.74) is 0. The van der Waals surface area contributed by atoms with Gasteiger partial charge < -0.3 is 4.90 Å². The van der Waals surface area contributed by atoms with E-state index in [9.17, 15) is 4.39 Å². The van der Waals surface area contributed by atoms with E-state index in [2.05, 4.69) is 20.9 Å². The number of piperidine rings is 1. The third-order valence-corrected chi connectivity index (χ3v) is 3.38. The van der Waals surface area contributed by atoms with Crippen LogP contribution in [0.5, 0.6) is 0 Å². The van der Waals surface area contributed by atoms with Crippen molar-refractivity contribution in [2.24, 2.45) is 0 Å². The van der Waals surface area contributed by atoms with Gasteiger partial charge in [0.1, 0.15) is 0 Å². The van der Waals surface area contributed by atoms with Crippen molar-refractivity contribution < 1.29 is 4.39 Å². The lowest BCUT2D eigenvalue weighted by Crippen LogP contribution is -2.34. The Kier molecular flexibility index (Phi) is 3.01. The van der Waals surface area contributed by atoms with Crippen molar-refractivity contribution in [1.82, 2.24) is 4.98 Å². The fraction of sp³-hybridized carbons (Fsp3) is 0.500. The zero-order chi connectivity index (χ0) is 9.97. The fourth-order valence-corrected chi connectivity index (χ4v) is 2.08. The smallest absolute Gasteiger partial charge is 0.165 e. The van der Waals surface area contributed by atoms with Crippen LogP contribution in [0.4, 0.5) is 10.2 Å². The summed E-state index contributed by atoms with van der Waals surface area (Å²) in [5.74, 6) is 0.271. The molecule has 1 saturated heterocycles. The van der Waals surface area contributed by atoms with E-state index in [1.165, 1.54) is 6.07 Å². The summed E-state index contributed by atoms with van der Waals surface area (Å²) in [5, 5.41) is 0. The Bertz CT molecular complexity index is 311. The van der Waals surface area contributed by atoms with Gasteiger partial charge in [-0.1, -0.05) is 15.9 Å². The van der Waals surface area contributed by atoms with E-state index in [4.69, 9.17) is 0 Å². The van der Waals surface area contributed by atoms with Crippen LogP contribution >= 0.6 is 15.9 Å². The highest BCUT2D eigenvalue weighted by Crippen LogP contribution is 2.23. The molecule has 1 aliphatic heterocycles. The van der Waals surface area contributed by atoms with Gasteiger partial charge in [-0.2, -0.15) is 0 Å². The van der Waals surface area contributed by atoms with Crippen molar-refractivity contribution >= 4 is 21.7 Å². The molecule has 0 atom stereocenters. The first-order valence-corrected chi connectivity index (χ1v) is 5.68. The second-order valence-corrected chi connectivity index (χ2v) is 4.77. The normalized spacial score (nSPS) is 18.6. The van der Waals surface area contributed by atoms with E-state index in [1.54, 1.807) is 12.3 Å². The van der Waals surface area contributed by atoms with Crippen molar-refractivity contribution in [2.75, 3.05) is 18.0 Å². The van der Waals surface area contributed by atoms with E-state index in [0.29, 0.717) is 10.6 Å². The molecule has 0 radical (unpaired) electrons. The highest BCUT2D eigenvalue weighted by atomic mass is 79.9. The number of pyridine rings is 1. The molecule has 14 heavy (non-hydrogen) atoms. The average molecular weight is 259 g/mol. The lowest BCUT2D eigenvalue weighted by molar-refractivity contribution is 0.562. The van der Waals surface area contributed by atoms with Crippen LogP contribution in [-0.4, -0.2) is 22.9 Å². The molecule has 0 aliphatic carbocycles. The summed E-state index contributed by atoms with van der Waals surface area (Å²) in [6.45, 7) is 1.76. The topological polar surface area (TPSA) is 16.1 Å². The van der Waals surface area contributed by atoms with Gasteiger partial charge >= 0.3 is 0 Å². The highest BCUT2D eigenvalue weighted by Gasteiger charge is 2.19. The van der Waals surface area contributed by atoms with E-state index in [1.807, 2.05) is 4.90 Å². The number of aromatic nitrogens is 1. The molecular formula is C10H12BrFN2. The van der Waals surface area contributed by atoms with Crippen molar-refractivity contribution in [3.05, 3.63) is 24.1 Å². The van der Waals surface area contributed by atoms with Gasteiger partial charge in [0.15, 0.2) is 11.6 Å². The van der Waals surface area contributed by atoms with Gasteiger partial charge in [0.25, 0.3) is 0 Å². The number of hydrogen-bond acceptors (Lipinski definition) is 2. The van der Waals surface area contributed by atoms with Crippen LogP contribution < -0.4 is 4.90 Å². The molecule has 2 rings (SSSR count). The van der Waals surface area contributed by atoms with Crippen LogP contribution in [0.15, 0.2) is 18.3 Å². The zero-order valence-electron chi connectivity index (χ0n) is 7.79. The number of rotatable bonds is 1. The predicted molar refractivity (Wildman–Crippen MR) is 58.4 cm³/mol. The zero-order valence-corrected chi connectivity index (χ0v) is 9.37. The van der Waals surface area contributed by atoms with Gasteiger partial charge in [0.2, 0.25) is 0 Å². The molecule has 1 aliphatic rings. The van der Waals surface area contributed by atoms with Gasteiger partial charge in [-0.15, -0.1) is 0 Å². The van der Waals surface area contributed by atoms with E-state index in [-0.39, 0.29) is 5.82 Å². The largest absolute Gasteiger partial charge is 0.354 e. The minimum absolute atomic E-state index is 0.222. The third kappa shape index (κ3) is 2.05. The van der Waals surface area contributed by atoms with Crippen LogP contribution in [-0.2, 0) is 0 Å². The minimum atomic E-state index is -0.222. The van der Waals surface area contributed by atoms with E-state index >= 15 is 0 Å². The molecule has 0 amide bonds. The summed E-state index contributed by atoms with van der Waals surface area (Å²) < 4.78 is 13.4. The summed E-state index contributed by atoms with van der Waals surface area (Å²) in [6.07, 6.45) is 3.74. The summed E-state index contributed by atoms with van der Waals surface area (Å²) in [4.78, 5) is 6.64. The molecular weight excluding hydrogens is 247 g/mol. The molecule has 1 fully saturated rings. The van der Waals surface area contributed by atoms with Crippen molar-refractivity contribution in [2.45, 2.75) is 17.7 Å². The van der Waals surface area contributed by atoms with Crippen molar-refractivity contribution in [1.29, 1.82) is 0 Å². The lowest BCUT2D eigenvalue weighted by atomic mass is 10.1. The predicted octanol–water partition coefficient (Wildman–Crippen LogP) is 2.58. The number of halogens is 2. The Hall–Kier alpha value is -0.640. The average Bonchev–Trinajstić information content (AvgIpc) is 2.20. The molecule has 0 aromatic carbocycles. The molecule has 0 bridgehead atoms. The first kappa shape index (κ1) is 9.90. The molecule has 1 aromatic heterocycles.